The van der Waals surface area contributed by atoms with Crippen LogP contribution in [0.2, 0.25) is 0 Å². The predicted octanol–water partition coefficient (Wildman–Crippen LogP) is 2.05. The van der Waals surface area contributed by atoms with E-state index in [2.05, 4.69) is 5.32 Å². The molecule has 0 atom stereocenters. The van der Waals surface area contributed by atoms with E-state index in [1.165, 1.54) is 0 Å². The summed E-state index contributed by atoms with van der Waals surface area (Å²) < 4.78 is 5.31. The Morgan fingerprint density at radius 2 is 1.78 bits per heavy atom. The van der Waals surface area contributed by atoms with E-state index < -0.39 is 11.5 Å². The Hall–Kier alpha value is -2.41. The molecule has 1 aromatic rings. The summed E-state index contributed by atoms with van der Waals surface area (Å²) in [7, 11) is 1.75. The van der Waals surface area contributed by atoms with Crippen molar-refractivity contribution in [1.82, 2.24) is 10.2 Å². The van der Waals surface area contributed by atoms with E-state index in [9.17, 15) is 19.5 Å². The maximum absolute atomic E-state index is 12.6. The molecule has 148 valence electrons. The van der Waals surface area contributed by atoms with Crippen molar-refractivity contribution in [2.24, 2.45) is 5.92 Å². The van der Waals surface area contributed by atoms with Gasteiger partial charge in [-0.15, -0.1) is 0 Å². The summed E-state index contributed by atoms with van der Waals surface area (Å²) in [5.74, 6) is -1.24. The summed E-state index contributed by atoms with van der Waals surface area (Å²) in [5.41, 5.74) is 0.617. The van der Waals surface area contributed by atoms with E-state index in [1.54, 1.807) is 24.1 Å². The van der Waals surface area contributed by atoms with Crippen molar-refractivity contribution in [3.63, 3.8) is 0 Å². The quantitative estimate of drug-likeness (QED) is 0.759. The minimum atomic E-state index is -0.939. The van der Waals surface area contributed by atoms with Crippen molar-refractivity contribution in [1.29, 1.82) is 0 Å². The molecule has 2 amide bonds. The van der Waals surface area contributed by atoms with Gasteiger partial charge in [0.25, 0.3) is 5.91 Å². The number of ether oxygens (including phenoxy) is 1. The highest BCUT2D eigenvalue weighted by Gasteiger charge is 2.36. The van der Waals surface area contributed by atoms with Crippen molar-refractivity contribution in [2.75, 3.05) is 20.3 Å². The summed E-state index contributed by atoms with van der Waals surface area (Å²) >= 11 is 0. The molecule has 0 unspecified atom stereocenters. The Morgan fingerprint density at radius 1 is 1.19 bits per heavy atom. The number of carbonyl (C=O) groups is 3. The first-order valence-corrected chi connectivity index (χ1v) is 9.18. The number of benzene rings is 1. The summed E-state index contributed by atoms with van der Waals surface area (Å²) in [6.07, 6.45) is 0.832. The molecule has 1 aliphatic heterocycles. The molecule has 1 saturated heterocycles. The fourth-order valence-electron chi connectivity index (χ4n) is 3.26. The van der Waals surface area contributed by atoms with Crippen LogP contribution >= 0.6 is 0 Å². The second-order valence-electron chi connectivity index (χ2n) is 7.46. The Balaban J connectivity index is 2.04. The standard InChI is InChI=1S/C20H28N2O5/c1-14(2)19(26)22(3)13-15-4-6-16(7-5-15)18(25)21-20(12-17(23)24)8-10-27-11-9-20/h4-7,14H,8-13H2,1-3H3,(H,21,25)(H,23,24). The summed E-state index contributed by atoms with van der Waals surface area (Å²) in [5, 5.41) is 12.1. The monoisotopic (exact) mass is 376 g/mol. The van der Waals surface area contributed by atoms with Gasteiger partial charge < -0.3 is 20.1 Å². The van der Waals surface area contributed by atoms with Crippen LogP contribution in [0.1, 0.15) is 49.0 Å². The summed E-state index contributed by atoms with van der Waals surface area (Å²) in [6.45, 7) is 5.05. The molecular formula is C20H28N2O5. The third-order valence-corrected chi connectivity index (χ3v) is 4.82. The molecule has 2 N–H and O–H groups in total. The van der Waals surface area contributed by atoms with Gasteiger partial charge in [0.1, 0.15) is 0 Å². The van der Waals surface area contributed by atoms with Crippen molar-refractivity contribution in [3.05, 3.63) is 35.4 Å². The van der Waals surface area contributed by atoms with Gasteiger partial charge >= 0.3 is 5.97 Å². The lowest BCUT2D eigenvalue weighted by atomic mass is 9.86. The highest BCUT2D eigenvalue weighted by Crippen LogP contribution is 2.25. The average molecular weight is 376 g/mol. The highest BCUT2D eigenvalue weighted by atomic mass is 16.5. The zero-order valence-corrected chi connectivity index (χ0v) is 16.2. The fraction of sp³-hybridized carbons (Fsp3) is 0.550. The molecule has 0 bridgehead atoms. The predicted molar refractivity (Wildman–Crippen MR) is 100 cm³/mol. The number of nitrogens with zero attached hydrogens (tertiary/aromatic N) is 1. The van der Waals surface area contributed by atoms with Gasteiger partial charge in [0.2, 0.25) is 5.91 Å². The van der Waals surface area contributed by atoms with Gasteiger partial charge in [0, 0.05) is 38.3 Å². The van der Waals surface area contributed by atoms with Crippen LogP contribution in [0.5, 0.6) is 0 Å². The molecule has 0 spiro atoms. The second-order valence-corrected chi connectivity index (χ2v) is 7.46. The molecule has 1 fully saturated rings. The maximum atomic E-state index is 12.6. The van der Waals surface area contributed by atoms with E-state index >= 15 is 0 Å². The van der Waals surface area contributed by atoms with Gasteiger partial charge in [-0.05, 0) is 30.5 Å². The average Bonchev–Trinajstić information content (AvgIpc) is 2.61. The number of hydrogen-bond acceptors (Lipinski definition) is 4. The minimum absolute atomic E-state index is 0.0620. The van der Waals surface area contributed by atoms with E-state index in [4.69, 9.17) is 4.74 Å². The molecule has 2 rings (SSSR count). The number of carboxylic acids is 1. The van der Waals surface area contributed by atoms with Crippen molar-refractivity contribution >= 4 is 17.8 Å². The van der Waals surface area contributed by atoms with Gasteiger partial charge in [-0.2, -0.15) is 0 Å². The maximum Gasteiger partial charge on any atom is 0.305 e. The van der Waals surface area contributed by atoms with Crippen LogP contribution in [0.25, 0.3) is 0 Å². The van der Waals surface area contributed by atoms with Gasteiger partial charge in [-0.3, -0.25) is 14.4 Å². The summed E-state index contributed by atoms with van der Waals surface area (Å²) in [6, 6.07) is 7.03. The van der Waals surface area contributed by atoms with Gasteiger partial charge in [0.05, 0.1) is 12.0 Å². The molecule has 7 heteroatoms. The van der Waals surface area contributed by atoms with E-state index in [1.807, 2.05) is 26.0 Å². The fourth-order valence-corrected chi connectivity index (χ4v) is 3.26. The molecule has 1 aliphatic rings. The Kier molecular flexibility index (Phi) is 6.96. The van der Waals surface area contributed by atoms with Crippen LogP contribution in [-0.4, -0.2) is 53.6 Å². The van der Waals surface area contributed by atoms with Gasteiger partial charge in [0.15, 0.2) is 0 Å². The molecule has 27 heavy (non-hydrogen) atoms. The number of nitrogens with one attached hydrogen (secondary N) is 1. The molecule has 0 aliphatic carbocycles. The van der Waals surface area contributed by atoms with E-state index in [-0.39, 0.29) is 24.2 Å². The lowest BCUT2D eigenvalue weighted by Gasteiger charge is -2.36. The zero-order valence-electron chi connectivity index (χ0n) is 16.2. The third kappa shape index (κ3) is 5.79. The molecular weight excluding hydrogens is 348 g/mol. The topological polar surface area (TPSA) is 95.9 Å². The lowest BCUT2D eigenvalue weighted by molar-refractivity contribution is -0.139. The number of aliphatic carboxylic acids is 1. The van der Waals surface area contributed by atoms with Crippen LogP contribution in [0, 0.1) is 5.92 Å². The molecule has 1 heterocycles. The first-order chi connectivity index (χ1) is 12.7. The highest BCUT2D eigenvalue weighted by molar-refractivity contribution is 5.95. The van der Waals surface area contributed by atoms with E-state index in [0.29, 0.717) is 38.2 Å². The molecule has 0 saturated carbocycles. The molecule has 0 aromatic heterocycles. The second kappa shape index (κ2) is 8.99. The zero-order chi connectivity index (χ0) is 20.0. The van der Waals surface area contributed by atoms with E-state index in [0.717, 1.165) is 5.56 Å². The van der Waals surface area contributed by atoms with Crippen LogP contribution in [0.3, 0.4) is 0 Å². The molecule has 0 radical (unpaired) electrons. The number of hydrogen-bond donors (Lipinski definition) is 2. The van der Waals surface area contributed by atoms with Crippen LogP contribution < -0.4 is 5.32 Å². The first-order valence-electron chi connectivity index (χ1n) is 9.18. The Labute approximate surface area is 159 Å². The Morgan fingerprint density at radius 3 is 2.30 bits per heavy atom. The van der Waals surface area contributed by atoms with Gasteiger partial charge in [-0.25, -0.2) is 0 Å². The minimum Gasteiger partial charge on any atom is -0.481 e. The first kappa shape index (κ1) is 20.9. The largest absolute Gasteiger partial charge is 0.481 e. The molecule has 7 nitrogen and oxygen atoms in total. The third-order valence-electron chi connectivity index (χ3n) is 4.82. The number of carbonyl (C=O) groups excluding carboxylic acids is 2. The number of rotatable bonds is 7. The lowest BCUT2D eigenvalue weighted by Crippen LogP contribution is -2.53. The smallest absolute Gasteiger partial charge is 0.305 e. The summed E-state index contributed by atoms with van der Waals surface area (Å²) in [4.78, 5) is 37.5. The van der Waals surface area contributed by atoms with Crippen LogP contribution in [0.15, 0.2) is 24.3 Å². The normalized spacial score (nSPS) is 16.0. The van der Waals surface area contributed by atoms with Crippen molar-refractivity contribution in [2.45, 2.75) is 45.2 Å². The number of carboxylic acid groups (broad SMARTS) is 1. The van der Waals surface area contributed by atoms with Crippen molar-refractivity contribution in [3.8, 4) is 0 Å². The number of amides is 2. The van der Waals surface area contributed by atoms with Crippen molar-refractivity contribution < 1.29 is 24.2 Å². The Bertz CT molecular complexity index is 678. The SMILES string of the molecule is CC(C)C(=O)N(C)Cc1ccc(C(=O)NC2(CC(=O)O)CCOCC2)cc1. The van der Waals surface area contributed by atoms with Crippen LogP contribution in [-0.2, 0) is 20.9 Å². The molecule has 1 aromatic carbocycles. The van der Waals surface area contributed by atoms with Crippen LogP contribution in [0.4, 0.5) is 0 Å². The van der Waals surface area contributed by atoms with Gasteiger partial charge in [-0.1, -0.05) is 26.0 Å².